The molecule has 1 atom stereocenters. The van der Waals surface area contributed by atoms with Crippen molar-refractivity contribution in [3.8, 4) is 11.5 Å². The molecule has 1 N–H and O–H groups in total. The highest BCUT2D eigenvalue weighted by atomic mass is 32.1. The van der Waals surface area contributed by atoms with E-state index in [4.69, 9.17) is 9.47 Å². The molecule has 30 heavy (non-hydrogen) atoms. The Kier molecular flexibility index (Phi) is 4.88. The van der Waals surface area contributed by atoms with Crippen LogP contribution in [-0.2, 0) is 11.3 Å². The van der Waals surface area contributed by atoms with Crippen molar-refractivity contribution in [1.82, 2.24) is 4.90 Å². The first kappa shape index (κ1) is 18.7. The minimum atomic E-state index is -0.317. The summed E-state index contributed by atoms with van der Waals surface area (Å²) in [6, 6.07) is 16.6. The van der Waals surface area contributed by atoms with Crippen LogP contribution in [0.15, 0.2) is 60.0 Å². The zero-order valence-corrected chi connectivity index (χ0v) is 17.0. The van der Waals surface area contributed by atoms with E-state index in [9.17, 15) is 9.59 Å². The van der Waals surface area contributed by atoms with Gasteiger partial charge in [-0.2, -0.15) is 0 Å². The van der Waals surface area contributed by atoms with Gasteiger partial charge in [0.2, 0.25) is 5.91 Å². The zero-order valence-electron chi connectivity index (χ0n) is 16.2. The molecule has 6 nitrogen and oxygen atoms in total. The van der Waals surface area contributed by atoms with Crippen molar-refractivity contribution in [2.45, 2.75) is 19.0 Å². The topological polar surface area (TPSA) is 67.9 Å². The second-order valence-corrected chi connectivity index (χ2v) is 8.21. The number of carbonyl (C=O) groups excluding carboxylic acids is 2. The highest BCUT2D eigenvalue weighted by Gasteiger charge is 2.34. The van der Waals surface area contributed by atoms with Crippen LogP contribution in [0.4, 0.5) is 5.69 Å². The van der Waals surface area contributed by atoms with Crippen LogP contribution < -0.4 is 14.8 Å². The molecule has 1 aromatic heterocycles. The maximum Gasteiger partial charge on any atom is 0.255 e. The summed E-state index contributed by atoms with van der Waals surface area (Å²) >= 11 is 1.56. The fourth-order valence-electron chi connectivity index (χ4n) is 3.88. The van der Waals surface area contributed by atoms with Crippen molar-refractivity contribution < 1.29 is 19.1 Å². The van der Waals surface area contributed by atoms with Crippen LogP contribution >= 0.6 is 11.3 Å². The van der Waals surface area contributed by atoms with Gasteiger partial charge in [-0.25, -0.2) is 0 Å². The molecule has 2 aromatic carbocycles. The molecular formula is C23H20N2O4S. The lowest BCUT2D eigenvalue weighted by atomic mass is 10.1. The fraction of sp³-hybridized carbons (Fsp3) is 0.217. The van der Waals surface area contributed by atoms with E-state index < -0.39 is 0 Å². The SMILES string of the molecule is O=C(CC(c1cccs1)N1Cc2ccccc2C1=O)Nc1ccc2c(c1)OCCO2. The summed E-state index contributed by atoms with van der Waals surface area (Å²) in [6.45, 7) is 1.52. The first-order valence-corrected chi connectivity index (χ1v) is 10.7. The molecule has 0 bridgehead atoms. The van der Waals surface area contributed by atoms with E-state index in [1.807, 2.05) is 41.8 Å². The molecule has 0 spiro atoms. The number of ether oxygens (including phenoxy) is 2. The van der Waals surface area contributed by atoms with Gasteiger partial charge in [0.1, 0.15) is 13.2 Å². The zero-order chi connectivity index (χ0) is 20.5. The van der Waals surface area contributed by atoms with Crippen molar-refractivity contribution in [2.24, 2.45) is 0 Å². The minimum Gasteiger partial charge on any atom is -0.486 e. The molecule has 2 aliphatic rings. The first-order valence-electron chi connectivity index (χ1n) is 9.81. The number of fused-ring (bicyclic) bond motifs is 2. The number of anilines is 1. The normalized spacial score (nSPS) is 15.6. The number of thiophene rings is 1. The Morgan fingerprint density at radius 2 is 1.90 bits per heavy atom. The fourth-order valence-corrected chi connectivity index (χ4v) is 4.72. The summed E-state index contributed by atoms with van der Waals surface area (Å²) in [6.07, 6.45) is 0.175. The van der Waals surface area contributed by atoms with Gasteiger partial charge in [-0.15, -0.1) is 11.3 Å². The molecule has 0 saturated heterocycles. The largest absolute Gasteiger partial charge is 0.486 e. The molecule has 152 valence electrons. The molecular weight excluding hydrogens is 400 g/mol. The van der Waals surface area contributed by atoms with E-state index in [1.54, 1.807) is 34.4 Å². The van der Waals surface area contributed by atoms with Gasteiger partial charge in [0.25, 0.3) is 5.91 Å². The number of amides is 2. The van der Waals surface area contributed by atoms with Gasteiger partial charge < -0.3 is 19.7 Å². The van der Waals surface area contributed by atoms with Crippen LogP contribution in [0.2, 0.25) is 0 Å². The van der Waals surface area contributed by atoms with Crippen LogP contribution in [0, 0.1) is 0 Å². The van der Waals surface area contributed by atoms with Gasteiger partial charge in [-0.05, 0) is 35.2 Å². The Hall–Kier alpha value is -3.32. The number of hydrogen-bond acceptors (Lipinski definition) is 5. The lowest BCUT2D eigenvalue weighted by molar-refractivity contribution is -0.117. The van der Waals surface area contributed by atoms with E-state index in [1.165, 1.54) is 0 Å². The first-order chi connectivity index (χ1) is 14.7. The molecule has 3 aromatic rings. The standard InChI is InChI=1S/C23H20N2O4S/c26-22(24-16-7-8-19-20(12-16)29-10-9-28-19)13-18(21-6-3-11-30-21)25-14-15-4-1-2-5-17(15)23(25)27/h1-8,11-12,18H,9-10,13-14H2,(H,24,26). The number of carbonyl (C=O) groups is 2. The second kappa shape index (κ2) is 7.84. The summed E-state index contributed by atoms with van der Waals surface area (Å²) in [5.74, 6) is 1.11. The van der Waals surface area contributed by atoms with Crippen molar-refractivity contribution in [1.29, 1.82) is 0 Å². The summed E-state index contributed by atoms with van der Waals surface area (Å²) in [4.78, 5) is 28.7. The molecule has 1 unspecified atom stereocenters. The number of nitrogens with zero attached hydrogens (tertiary/aromatic N) is 1. The molecule has 7 heteroatoms. The van der Waals surface area contributed by atoms with Crippen molar-refractivity contribution in [3.63, 3.8) is 0 Å². The van der Waals surface area contributed by atoms with Gasteiger partial charge in [0.15, 0.2) is 11.5 Å². The molecule has 2 aliphatic heterocycles. The smallest absolute Gasteiger partial charge is 0.255 e. The van der Waals surface area contributed by atoms with E-state index in [0.717, 1.165) is 10.4 Å². The maximum atomic E-state index is 13.0. The van der Waals surface area contributed by atoms with E-state index >= 15 is 0 Å². The average Bonchev–Trinajstić information content (AvgIpc) is 3.41. The molecule has 3 heterocycles. The van der Waals surface area contributed by atoms with Gasteiger partial charge in [-0.3, -0.25) is 9.59 Å². The predicted octanol–water partition coefficient (Wildman–Crippen LogP) is 4.25. The average molecular weight is 420 g/mol. The number of rotatable bonds is 5. The lowest BCUT2D eigenvalue weighted by Gasteiger charge is -2.27. The summed E-state index contributed by atoms with van der Waals surface area (Å²) < 4.78 is 11.1. The Morgan fingerprint density at radius 3 is 2.70 bits per heavy atom. The number of nitrogens with one attached hydrogen (secondary N) is 1. The molecule has 5 rings (SSSR count). The van der Waals surface area contributed by atoms with Gasteiger partial charge >= 0.3 is 0 Å². The van der Waals surface area contributed by atoms with Crippen molar-refractivity contribution in [2.75, 3.05) is 18.5 Å². The molecule has 2 amide bonds. The third-order valence-corrected chi connectivity index (χ3v) is 6.28. The van der Waals surface area contributed by atoms with E-state index in [-0.39, 0.29) is 24.3 Å². The van der Waals surface area contributed by atoms with Gasteiger partial charge in [0.05, 0.1) is 12.5 Å². The van der Waals surface area contributed by atoms with Crippen LogP contribution in [0.5, 0.6) is 11.5 Å². The summed E-state index contributed by atoms with van der Waals surface area (Å²) in [5, 5.41) is 4.90. The number of hydrogen-bond donors (Lipinski definition) is 1. The molecule has 0 aliphatic carbocycles. The Morgan fingerprint density at radius 1 is 1.07 bits per heavy atom. The van der Waals surface area contributed by atoms with Crippen LogP contribution in [-0.4, -0.2) is 29.9 Å². The summed E-state index contributed by atoms with van der Waals surface area (Å²) in [7, 11) is 0. The maximum absolute atomic E-state index is 13.0. The van der Waals surface area contributed by atoms with Crippen molar-refractivity contribution in [3.05, 3.63) is 76.0 Å². The van der Waals surface area contributed by atoms with Crippen LogP contribution in [0.3, 0.4) is 0 Å². The predicted molar refractivity (Wildman–Crippen MR) is 114 cm³/mol. The molecule has 0 fully saturated rings. The highest BCUT2D eigenvalue weighted by Crippen LogP contribution is 2.36. The van der Waals surface area contributed by atoms with Crippen LogP contribution in [0.1, 0.15) is 33.3 Å². The van der Waals surface area contributed by atoms with E-state index in [0.29, 0.717) is 42.5 Å². The van der Waals surface area contributed by atoms with Crippen molar-refractivity contribution >= 4 is 28.8 Å². The monoisotopic (exact) mass is 420 g/mol. The van der Waals surface area contributed by atoms with Gasteiger partial charge in [0, 0.05) is 28.7 Å². The molecule has 0 saturated carbocycles. The quantitative estimate of drug-likeness (QED) is 0.670. The minimum absolute atomic E-state index is 0.0314. The van der Waals surface area contributed by atoms with E-state index in [2.05, 4.69) is 5.32 Å². The highest BCUT2D eigenvalue weighted by molar-refractivity contribution is 7.10. The second-order valence-electron chi connectivity index (χ2n) is 7.23. The van der Waals surface area contributed by atoms with Gasteiger partial charge in [-0.1, -0.05) is 24.3 Å². The Labute approximate surface area is 178 Å². The third kappa shape index (κ3) is 3.52. The lowest BCUT2D eigenvalue weighted by Crippen LogP contribution is -2.31. The number of benzene rings is 2. The van der Waals surface area contributed by atoms with Crippen LogP contribution in [0.25, 0.3) is 0 Å². The third-order valence-electron chi connectivity index (χ3n) is 5.30. The summed E-state index contributed by atoms with van der Waals surface area (Å²) in [5.41, 5.74) is 2.35. The Bertz CT molecular complexity index is 1100. The Balaban J connectivity index is 1.35. The molecule has 0 radical (unpaired) electrons.